The molecule has 2 nitrogen and oxygen atoms in total. The van der Waals surface area contributed by atoms with Crippen LogP contribution in [-0.2, 0) is 0 Å². The van der Waals surface area contributed by atoms with Gasteiger partial charge in [0.1, 0.15) is 0 Å². The van der Waals surface area contributed by atoms with Crippen LogP contribution in [0.1, 0.15) is 91.9 Å². The fraction of sp³-hybridized carbons (Fsp3) is 1.00. The number of rotatable bonds is 10. The second-order valence-electron chi connectivity index (χ2n) is 5.40. The van der Waals surface area contributed by atoms with Crippen molar-refractivity contribution >= 4 is 0 Å². The molecular formula is C16H36O2. The van der Waals surface area contributed by atoms with E-state index in [4.69, 9.17) is 10.2 Å². The SMILES string of the molecule is CCCCCC[C@@H](C)O.CCCCCC[C@@H](C)O. The average molecular weight is 260 g/mol. The molecule has 0 heterocycles. The van der Waals surface area contributed by atoms with Gasteiger partial charge >= 0.3 is 0 Å². The van der Waals surface area contributed by atoms with Crippen LogP contribution in [0.3, 0.4) is 0 Å². The van der Waals surface area contributed by atoms with Crippen LogP contribution < -0.4 is 0 Å². The highest BCUT2D eigenvalue weighted by molar-refractivity contribution is 4.47. The highest BCUT2D eigenvalue weighted by Crippen LogP contribution is 2.04. The van der Waals surface area contributed by atoms with Crippen molar-refractivity contribution in [1.29, 1.82) is 0 Å². The third-order valence-corrected chi connectivity index (χ3v) is 2.95. The lowest BCUT2D eigenvalue weighted by Gasteiger charge is -2.01. The zero-order valence-corrected chi connectivity index (χ0v) is 13.1. The van der Waals surface area contributed by atoms with E-state index in [1.54, 1.807) is 0 Å². The summed E-state index contributed by atoms with van der Waals surface area (Å²) in [4.78, 5) is 0. The minimum Gasteiger partial charge on any atom is -0.393 e. The lowest BCUT2D eigenvalue weighted by molar-refractivity contribution is 0.180. The molecule has 0 amide bonds. The summed E-state index contributed by atoms with van der Waals surface area (Å²) in [6.45, 7) is 8.10. The molecule has 0 saturated heterocycles. The molecule has 112 valence electrons. The van der Waals surface area contributed by atoms with E-state index in [-0.39, 0.29) is 12.2 Å². The maximum absolute atomic E-state index is 8.85. The highest BCUT2D eigenvalue weighted by atomic mass is 16.3. The smallest absolute Gasteiger partial charge is 0.0512 e. The van der Waals surface area contributed by atoms with Gasteiger partial charge in [-0.15, -0.1) is 0 Å². The van der Waals surface area contributed by atoms with Crippen molar-refractivity contribution in [3.05, 3.63) is 0 Å². The van der Waals surface area contributed by atoms with Gasteiger partial charge in [0.15, 0.2) is 0 Å². The molecule has 2 heteroatoms. The van der Waals surface area contributed by atoms with Crippen molar-refractivity contribution < 1.29 is 10.2 Å². The normalized spacial score (nSPS) is 13.7. The van der Waals surface area contributed by atoms with Crippen molar-refractivity contribution in [2.45, 2.75) is 104 Å². The number of unbranched alkanes of at least 4 members (excludes halogenated alkanes) is 6. The number of hydrogen-bond acceptors (Lipinski definition) is 2. The molecule has 2 atom stereocenters. The highest BCUT2D eigenvalue weighted by Gasteiger charge is 1.93. The largest absolute Gasteiger partial charge is 0.393 e. The monoisotopic (exact) mass is 260 g/mol. The molecule has 0 unspecified atom stereocenters. The molecule has 0 aliphatic heterocycles. The summed E-state index contributed by atoms with van der Waals surface area (Å²) in [5.74, 6) is 0. The van der Waals surface area contributed by atoms with Crippen molar-refractivity contribution in [2.75, 3.05) is 0 Å². The first-order chi connectivity index (χ1) is 8.54. The zero-order chi connectivity index (χ0) is 14.2. The summed E-state index contributed by atoms with van der Waals surface area (Å²) in [5, 5.41) is 17.7. The molecule has 0 spiro atoms. The Morgan fingerprint density at radius 3 is 1.17 bits per heavy atom. The Labute approximate surface area is 115 Å². The first-order valence-corrected chi connectivity index (χ1v) is 7.90. The number of hydrogen-bond donors (Lipinski definition) is 2. The first kappa shape index (κ1) is 20.2. The number of aliphatic hydroxyl groups is 2. The van der Waals surface area contributed by atoms with E-state index in [1.165, 1.54) is 51.4 Å². The van der Waals surface area contributed by atoms with Crippen LogP contribution in [0, 0.1) is 0 Å². The third kappa shape index (κ3) is 24.9. The molecule has 0 radical (unpaired) electrons. The Morgan fingerprint density at radius 1 is 0.611 bits per heavy atom. The van der Waals surface area contributed by atoms with E-state index in [9.17, 15) is 0 Å². The fourth-order valence-electron chi connectivity index (χ4n) is 1.73. The molecule has 0 fully saturated rings. The van der Waals surface area contributed by atoms with Gasteiger partial charge in [-0.05, 0) is 26.7 Å². The summed E-state index contributed by atoms with van der Waals surface area (Å²) in [5.41, 5.74) is 0. The summed E-state index contributed by atoms with van der Waals surface area (Å²) in [7, 11) is 0. The van der Waals surface area contributed by atoms with Gasteiger partial charge in [-0.3, -0.25) is 0 Å². The second-order valence-corrected chi connectivity index (χ2v) is 5.40. The van der Waals surface area contributed by atoms with Gasteiger partial charge < -0.3 is 10.2 Å². The second kappa shape index (κ2) is 16.9. The van der Waals surface area contributed by atoms with Crippen LogP contribution >= 0.6 is 0 Å². The Bertz CT molecular complexity index is 117. The van der Waals surface area contributed by atoms with Gasteiger partial charge in [0, 0.05) is 0 Å². The Kier molecular flexibility index (Phi) is 19.0. The van der Waals surface area contributed by atoms with Crippen LogP contribution in [0.2, 0.25) is 0 Å². The van der Waals surface area contributed by atoms with Gasteiger partial charge in [-0.2, -0.15) is 0 Å². The molecule has 0 aromatic carbocycles. The zero-order valence-electron chi connectivity index (χ0n) is 13.1. The minimum absolute atomic E-state index is 0.0955. The van der Waals surface area contributed by atoms with Crippen molar-refractivity contribution in [2.24, 2.45) is 0 Å². The van der Waals surface area contributed by atoms with E-state index in [0.717, 1.165) is 12.8 Å². The van der Waals surface area contributed by atoms with Gasteiger partial charge in [-0.25, -0.2) is 0 Å². The van der Waals surface area contributed by atoms with Gasteiger partial charge in [-0.1, -0.05) is 65.2 Å². The van der Waals surface area contributed by atoms with Crippen molar-refractivity contribution in [3.8, 4) is 0 Å². The molecule has 0 rings (SSSR count). The topological polar surface area (TPSA) is 40.5 Å². The maximum atomic E-state index is 8.85. The van der Waals surface area contributed by atoms with Crippen LogP contribution in [0.15, 0.2) is 0 Å². The standard InChI is InChI=1S/2C8H18O/c2*1-3-4-5-6-7-8(2)9/h2*8-9H,3-7H2,1-2H3/t2*8-/m11/s1. The minimum atomic E-state index is -0.0955. The summed E-state index contributed by atoms with van der Waals surface area (Å²) in [6.07, 6.45) is 11.9. The van der Waals surface area contributed by atoms with Gasteiger partial charge in [0.05, 0.1) is 12.2 Å². The summed E-state index contributed by atoms with van der Waals surface area (Å²) < 4.78 is 0. The predicted molar refractivity (Wildman–Crippen MR) is 80.9 cm³/mol. The van der Waals surface area contributed by atoms with Crippen LogP contribution in [0.5, 0.6) is 0 Å². The molecule has 18 heavy (non-hydrogen) atoms. The molecule has 0 aliphatic rings. The molecule has 0 aromatic rings. The average Bonchev–Trinajstić information content (AvgIpc) is 2.31. The van der Waals surface area contributed by atoms with Gasteiger partial charge in [0.25, 0.3) is 0 Å². The first-order valence-electron chi connectivity index (χ1n) is 7.90. The molecule has 0 aliphatic carbocycles. The predicted octanol–water partition coefficient (Wildman–Crippen LogP) is 4.68. The van der Waals surface area contributed by atoms with Gasteiger partial charge in [0.2, 0.25) is 0 Å². The molecule has 0 aromatic heterocycles. The van der Waals surface area contributed by atoms with Crippen LogP contribution in [-0.4, -0.2) is 22.4 Å². The maximum Gasteiger partial charge on any atom is 0.0512 e. The lowest BCUT2D eigenvalue weighted by atomic mass is 10.1. The Morgan fingerprint density at radius 2 is 0.944 bits per heavy atom. The van der Waals surface area contributed by atoms with Crippen molar-refractivity contribution in [1.82, 2.24) is 0 Å². The van der Waals surface area contributed by atoms with E-state index >= 15 is 0 Å². The summed E-state index contributed by atoms with van der Waals surface area (Å²) >= 11 is 0. The Balaban J connectivity index is 0. The third-order valence-electron chi connectivity index (χ3n) is 2.95. The van der Waals surface area contributed by atoms with Crippen molar-refractivity contribution in [3.63, 3.8) is 0 Å². The van der Waals surface area contributed by atoms with Crippen LogP contribution in [0.25, 0.3) is 0 Å². The van der Waals surface area contributed by atoms with E-state index < -0.39 is 0 Å². The van der Waals surface area contributed by atoms with E-state index in [2.05, 4.69) is 13.8 Å². The lowest BCUT2D eigenvalue weighted by Crippen LogP contribution is -1.97. The quantitative estimate of drug-likeness (QED) is 0.560. The van der Waals surface area contributed by atoms with Crippen LogP contribution in [0.4, 0.5) is 0 Å². The molecule has 0 bridgehead atoms. The Hall–Kier alpha value is -0.0800. The molecule has 0 saturated carbocycles. The summed E-state index contributed by atoms with van der Waals surface area (Å²) in [6, 6.07) is 0. The fourth-order valence-corrected chi connectivity index (χ4v) is 1.73. The number of aliphatic hydroxyl groups excluding tert-OH is 2. The molecular weight excluding hydrogens is 224 g/mol. The molecule has 2 N–H and O–H groups in total. The van der Waals surface area contributed by atoms with E-state index in [1.807, 2.05) is 13.8 Å². The van der Waals surface area contributed by atoms with E-state index in [0.29, 0.717) is 0 Å².